The summed E-state index contributed by atoms with van der Waals surface area (Å²) in [5, 5.41) is 2.43. The van der Waals surface area contributed by atoms with Gasteiger partial charge in [-0.3, -0.25) is 9.79 Å². The second-order valence-electron chi connectivity index (χ2n) is 9.88. The van der Waals surface area contributed by atoms with Gasteiger partial charge in [0.05, 0.1) is 18.1 Å². The van der Waals surface area contributed by atoms with Gasteiger partial charge in [-0.2, -0.15) is 0 Å². The summed E-state index contributed by atoms with van der Waals surface area (Å²) in [7, 11) is 0. The molecule has 0 spiro atoms. The van der Waals surface area contributed by atoms with E-state index in [1.165, 1.54) is 87.5 Å². The number of aliphatic imine (C=N–C) groups is 1. The molecule has 6 nitrogen and oxygen atoms in total. The maximum absolute atomic E-state index is 12.9. The van der Waals surface area contributed by atoms with Crippen molar-refractivity contribution in [2.75, 3.05) is 52.4 Å². The predicted molar refractivity (Wildman–Crippen MR) is 128 cm³/mol. The quantitative estimate of drug-likeness (QED) is 0.666. The van der Waals surface area contributed by atoms with Gasteiger partial charge in [0.2, 0.25) is 5.91 Å². The number of thioether (sulfide) groups is 1. The number of rotatable bonds is 3. The first kappa shape index (κ1) is 21.6. The molecule has 0 aromatic rings. The third kappa shape index (κ3) is 5.08. The van der Waals surface area contributed by atoms with E-state index in [1.807, 2.05) is 0 Å². The summed E-state index contributed by atoms with van der Waals surface area (Å²) in [6.07, 6.45) is 15.2. The number of carbonyl (C=O) groups is 1. The summed E-state index contributed by atoms with van der Waals surface area (Å²) in [4.78, 5) is 27.5. The van der Waals surface area contributed by atoms with Gasteiger partial charge < -0.3 is 19.6 Å². The van der Waals surface area contributed by atoms with Crippen molar-refractivity contribution in [3.8, 4) is 0 Å². The molecule has 0 radical (unpaired) electrons. The lowest BCUT2D eigenvalue weighted by Gasteiger charge is -2.43. The Balaban J connectivity index is 1.11. The van der Waals surface area contributed by atoms with Gasteiger partial charge in [-0.25, -0.2) is 0 Å². The number of piperazine rings is 1. The number of carbonyl (C=O) groups excluding carboxylic acids is 1. The zero-order valence-corrected chi connectivity index (χ0v) is 19.8. The van der Waals surface area contributed by atoms with Crippen LogP contribution in [0.1, 0.15) is 64.2 Å². The van der Waals surface area contributed by atoms with Crippen LogP contribution < -0.4 is 0 Å². The van der Waals surface area contributed by atoms with Gasteiger partial charge in [0.15, 0.2) is 5.17 Å². The molecule has 1 amide bonds. The molecule has 4 heterocycles. The minimum atomic E-state index is 0.325. The molecule has 172 valence electrons. The molecular weight excluding hydrogens is 406 g/mol. The molecular formula is C24H39N5OS. The molecule has 5 aliphatic rings. The van der Waals surface area contributed by atoms with Gasteiger partial charge in [0.1, 0.15) is 0 Å². The van der Waals surface area contributed by atoms with E-state index in [1.54, 1.807) is 11.8 Å². The van der Waals surface area contributed by atoms with Crippen LogP contribution in [0.4, 0.5) is 0 Å². The summed E-state index contributed by atoms with van der Waals surface area (Å²) in [5.74, 6) is 0.325. The van der Waals surface area contributed by atoms with Gasteiger partial charge >= 0.3 is 0 Å². The van der Waals surface area contributed by atoms with Gasteiger partial charge in [-0.05, 0) is 69.5 Å². The molecule has 0 unspecified atom stereocenters. The maximum Gasteiger partial charge on any atom is 0.242 e. The van der Waals surface area contributed by atoms with E-state index in [9.17, 15) is 4.79 Å². The van der Waals surface area contributed by atoms with E-state index in [4.69, 9.17) is 4.99 Å². The lowest BCUT2D eigenvalue weighted by atomic mass is 9.93. The molecule has 4 fully saturated rings. The highest BCUT2D eigenvalue weighted by molar-refractivity contribution is 8.17. The summed E-state index contributed by atoms with van der Waals surface area (Å²) in [5.41, 5.74) is 0. The summed E-state index contributed by atoms with van der Waals surface area (Å²) in [6, 6.07) is 1.26. The van der Waals surface area contributed by atoms with Crippen molar-refractivity contribution in [2.45, 2.75) is 76.3 Å². The second kappa shape index (κ2) is 10.2. The average molecular weight is 446 g/mol. The highest BCUT2D eigenvalue weighted by atomic mass is 32.2. The van der Waals surface area contributed by atoms with Crippen LogP contribution >= 0.6 is 11.8 Å². The lowest BCUT2D eigenvalue weighted by Crippen LogP contribution is -2.54. The van der Waals surface area contributed by atoms with Crippen LogP contribution in [0, 0.1) is 0 Å². The zero-order valence-electron chi connectivity index (χ0n) is 19.0. The minimum Gasteiger partial charge on any atom is -0.355 e. The van der Waals surface area contributed by atoms with Crippen molar-refractivity contribution in [3.05, 3.63) is 11.1 Å². The third-order valence-corrected chi connectivity index (χ3v) is 9.12. The minimum absolute atomic E-state index is 0.325. The molecule has 0 N–H and O–H groups in total. The van der Waals surface area contributed by atoms with E-state index in [0.29, 0.717) is 18.5 Å². The molecule has 0 aromatic carbocycles. The fraction of sp³-hybridized carbons (Fsp3) is 0.833. The Morgan fingerprint density at radius 3 is 2.26 bits per heavy atom. The first-order chi connectivity index (χ1) is 15.3. The summed E-state index contributed by atoms with van der Waals surface area (Å²) >= 11 is 1.80. The molecule has 4 aliphatic heterocycles. The van der Waals surface area contributed by atoms with E-state index < -0.39 is 0 Å². The van der Waals surface area contributed by atoms with Crippen molar-refractivity contribution >= 4 is 22.8 Å². The van der Waals surface area contributed by atoms with Crippen LogP contribution in [0.15, 0.2) is 16.1 Å². The number of amidine groups is 1. The standard InChI is InChI=1S/C24H39N5OS/c30-22-19-28(17-18-29(22)21-7-3-1-4-8-21)23-9-12-25-24(31-23)27-15-10-20(11-16-27)26-13-5-2-6-14-26/h9,20-21H,1-8,10-19H2. The fourth-order valence-electron chi connectivity index (χ4n) is 6.09. The Kier molecular flexibility index (Phi) is 7.08. The Labute approximate surface area is 192 Å². The fourth-order valence-corrected chi connectivity index (χ4v) is 7.17. The monoisotopic (exact) mass is 445 g/mol. The maximum atomic E-state index is 12.9. The first-order valence-electron chi connectivity index (χ1n) is 12.7. The van der Waals surface area contributed by atoms with Gasteiger partial charge in [-0.15, -0.1) is 0 Å². The number of amides is 1. The van der Waals surface area contributed by atoms with Crippen LogP contribution in [0.5, 0.6) is 0 Å². The smallest absolute Gasteiger partial charge is 0.242 e. The molecule has 1 aliphatic carbocycles. The highest BCUT2D eigenvalue weighted by Crippen LogP contribution is 2.32. The average Bonchev–Trinajstić information content (AvgIpc) is 2.85. The zero-order chi connectivity index (χ0) is 21.0. The van der Waals surface area contributed by atoms with Crippen LogP contribution in [0.25, 0.3) is 0 Å². The third-order valence-electron chi connectivity index (χ3n) is 7.91. The summed E-state index contributed by atoms with van der Waals surface area (Å²) < 4.78 is 0. The molecule has 0 aromatic heterocycles. The molecule has 0 atom stereocenters. The topological polar surface area (TPSA) is 42.4 Å². The van der Waals surface area contributed by atoms with Crippen LogP contribution in [0.3, 0.4) is 0 Å². The van der Waals surface area contributed by atoms with E-state index in [-0.39, 0.29) is 0 Å². The van der Waals surface area contributed by atoms with Crippen molar-refractivity contribution in [1.82, 2.24) is 19.6 Å². The molecule has 5 rings (SSSR count). The number of piperidine rings is 2. The number of hydrogen-bond donors (Lipinski definition) is 0. The lowest BCUT2D eigenvalue weighted by molar-refractivity contribution is -0.138. The highest BCUT2D eigenvalue weighted by Gasteiger charge is 2.33. The predicted octanol–water partition coefficient (Wildman–Crippen LogP) is 3.36. The van der Waals surface area contributed by atoms with Crippen molar-refractivity contribution in [2.24, 2.45) is 4.99 Å². The van der Waals surface area contributed by atoms with E-state index in [0.717, 1.165) is 38.8 Å². The van der Waals surface area contributed by atoms with Gasteiger partial charge in [0, 0.05) is 38.3 Å². The Bertz CT molecular complexity index is 690. The van der Waals surface area contributed by atoms with Crippen LogP contribution in [0.2, 0.25) is 0 Å². The Morgan fingerprint density at radius 2 is 1.52 bits per heavy atom. The number of likely N-dealkylation sites (tertiary alicyclic amines) is 2. The van der Waals surface area contributed by atoms with Crippen molar-refractivity contribution in [3.63, 3.8) is 0 Å². The largest absolute Gasteiger partial charge is 0.355 e. The van der Waals surface area contributed by atoms with E-state index in [2.05, 4.69) is 25.7 Å². The SMILES string of the molecule is O=C1CN(C2=CCN=C(N3CCC(N4CCCCC4)CC3)S2)CCN1C1CCCCC1. The molecule has 1 saturated carbocycles. The molecule has 3 saturated heterocycles. The van der Waals surface area contributed by atoms with E-state index >= 15 is 0 Å². The van der Waals surface area contributed by atoms with Crippen LogP contribution in [-0.4, -0.2) is 95.1 Å². The molecule has 0 bridgehead atoms. The second-order valence-corrected chi connectivity index (χ2v) is 10.9. The van der Waals surface area contributed by atoms with Crippen molar-refractivity contribution < 1.29 is 4.79 Å². The normalized spacial score (nSPS) is 28.0. The molecule has 7 heteroatoms. The number of nitrogens with zero attached hydrogens (tertiary/aromatic N) is 5. The first-order valence-corrected chi connectivity index (χ1v) is 13.6. The van der Waals surface area contributed by atoms with Gasteiger partial charge in [0.25, 0.3) is 0 Å². The Morgan fingerprint density at radius 1 is 0.774 bits per heavy atom. The van der Waals surface area contributed by atoms with Crippen molar-refractivity contribution in [1.29, 1.82) is 0 Å². The number of hydrogen-bond acceptors (Lipinski definition) is 6. The van der Waals surface area contributed by atoms with Crippen LogP contribution in [-0.2, 0) is 4.79 Å². The summed E-state index contributed by atoms with van der Waals surface area (Å²) in [6.45, 7) is 7.98. The van der Waals surface area contributed by atoms with Gasteiger partial charge in [-0.1, -0.05) is 25.7 Å². The molecule has 31 heavy (non-hydrogen) atoms. The Hall–Kier alpha value is -1.21.